The van der Waals surface area contributed by atoms with Crippen LogP contribution in [0.15, 0.2) is 47.9 Å². The van der Waals surface area contributed by atoms with E-state index in [4.69, 9.17) is 9.47 Å². The average molecular weight is 403 g/mol. The molecule has 1 aliphatic heterocycles. The molecule has 0 spiro atoms. The lowest BCUT2D eigenvalue weighted by Gasteiger charge is -2.18. The first-order chi connectivity index (χ1) is 13.9. The van der Waals surface area contributed by atoms with Crippen molar-refractivity contribution in [2.24, 2.45) is 0 Å². The number of aliphatic hydroxyl groups excluding tert-OH is 3. The highest BCUT2D eigenvalue weighted by Crippen LogP contribution is 2.28. The van der Waals surface area contributed by atoms with Gasteiger partial charge in [-0.05, 0) is 5.56 Å². The minimum atomic E-state index is -1.45. The number of carbonyl (C=O) groups is 1. The van der Waals surface area contributed by atoms with Crippen LogP contribution in [0.4, 0.5) is 10.6 Å². The molecule has 1 aliphatic rings. The Morgan fingerprint density at radius 1 is 1.31 bits per heavy atom. The maximum atomic E-state index is 12.4. The summed E-state index contributed by atoms with van der Waals surface area (Å²) in [6.07, 6.45) is -3.30. The largest absolute Gasteiger partial charge is 0.444 e. The third-order valence-corrected chi connectivity index (χ3v) is 4.42. The van der Waals surface area contributed by atoms with Gasteiger partial charge in [-0.3, -0.25) is 9.88 Å². The highest BCUT2D eigenvalue weighted by Gasteiger charge is 2.43. The van der Waals surface area contributed by atoms with Crippen molar-refractivity contribution < 1.29 is 29.6 Å². The predicted octanol–water partition coefficient (Wildman–Crippen LogP) is 0.246. The third kappa shape index (κ3) is 4.51. The number of nitrogens with one attached hydrogen (secondary N) is 1. The topological polar surface area (TPSA) is 143 Å². The summed E-state index contributed by atoms with van der Waals surface area (Å²) < 4.78 is 11.4. The monoisotopic (exact) mass is 403 g/mol. The molecule has 29 heavy (non-hydrogen) atoms. The molecule has 1 unspecified atom stereocenters. The van der Waals surface area contributed by atoms with Gasteiger partial charge in [0.25, 0.3) is 0 Å². The van der Waals surface area contributed by atoms with Crippen LogP contribution < -0.4 is 11.0 Å². The Morgan fingerprint density at radius 3 is 2.66 bits per heavy atom. The second-order valence-electron chi connectivity index (χ2n) is 6.35. The number of benzene rings is 1. The van der Waals surface area contributed by atoms with E-state index in [9.17, 15) is 24.9 Å². The van der Waals surface area contributed by atoms with Crippen LogP contribution in [-0.4, -0.2) is 55.9 Å². The molecule has 0 aliphatic carbocycles. The first kappa shape index (κ1) is 20.7. The van der Waals surface area contributed by atoms with Crippen molar-refractivity contribution >= 4 is 18.0 Å². The van der Waals surface area contributed by atoms with Gasteiger partial charge in [0.1, 0.15) is 30.7 Å². The van der Waals surface area contributed by atoms with Gasteiger partial charge < -0.3 is 24.8 Å². The van der Waals surface area contributed by atoms with Gasteiger partial charge in [0.05, 0.1) is 6.61 Å². The molecule has 10 nitrogen and oxygen atoms in total. The molecule has 4 N–H and O–H groups in total. The Bertz CT molecular complexity index is 931. The van der Waals surface area contributed by atoms with Crippen LogP contribution >= 0.6 is 0 Å². The van der Waals surface area contributed by atoms with Crippen molar-refractivity contribution in [3.8, 4) is 0 Å². The van der Waals surface area contributed by atoms with Gasteiger partial charge >= 0.3 is 11.8 Å². The highest BCUT2D eigenvalue weighted by atomic mass is 16.6. The Morgan fingerprint density at radius 2 is 2.03 bits per heavy atom. The molecule has 4 atom stereocenters. The molecule has 2 heterocycles. The first-order valence-corrected chi connectivity index (χ1v) is 8.80. The number of anilines is 1. The fourth-order valence-corrected chi connectivity index (χ4v) is 2.88. The molecule has 0 bridgehead atoms. The number of rotatable bonds is 6. The number of aliphatic hydroxyl groups is 3. The Hall–Kier alpha value is -3.05. The van der Waals surface area contributed by atoms with Crippen LogP contribution in [-0.2, 0) is 16.1 Å². The van der Waals surface area contributed by atoms with Gasteiger partial charge in [-0.2, -0.15) is 4.98 Å². The molecule has 154 valence electrons. The SMILES string of the molecule is C=Cc1cn(C2O[C@H](CO)[C@@H](O)[C@H]2O)c(=O)nc1NC(=O)OCc1ccccc1. The second-order valence-corrected chi connectivity index (χ2v) is 6.35. The van der Waals surface area contributed by atoms with Crippen LogP contribution in [0.2, 0.25) is 0 Å². The second kappa shape index (κ2) is 8.97. The van der Waals surface area contributed by atoms with E-state index in [0.29, 0.717) is 0 Å². The van der Waals surface area contributed by atoms with Crippen molar-refractivity contribution in [2.45, 2.75) is 31.1 Å². The van der Waals surface area contributed by atoms with Crippen LogP contribution in [0, 0.1) is 0 Å². The molecule has 0 saturated carbocycles. The molecule has 1 aromatic carbocycles. The maximum absolute atomic E-state index is 12.4. The van der Waals surface area contributed by atoms with Crippen molar-refractivity contribution in [3.05, 3.63) is 64.7 Å². The first-order valence-electron chi connectivity index (χ1n) is 8.80. The maximum Gasteiger partial charge on any atom is 0.413 e. The lowest BCUT2D eigenvalue weighted by Crippen LogP contribution is -2.36. The number of carbonyl (C=O) groups excluding carboxylic acids is 1. The van der Waals surface area contributed by atoms with Gasteiger partial charge in [0, 0.05) is 11.8 Å². The van der Waals surface area contributed by atoms with Crippen LogP contribution in [0.5, 0.6) is 0 Å². The van der Waals surface area contributed by atoms with Crippen molar-refractivity contribution in [3.63, 3.8) is 0 Å². The average Bonchev–Trinajstić information content (AvgIpc) is 3.01. The summed E-state index contributed by atoms with van der Waals surface area (Å²) in [5.41, 5.74) is 0.210. The zero-order chi connectivity index (χ0) is 21.0. The molecule has 1 saturated heterocycles. The molecular formula is C19H21N3O7. The van der Waals surface area contributed by atoms with Crippen LogP contribution in [0.1, 0.15) is 17.4 Å². The van der Waals surface area contributed by atoms with E-state index in [-0.39, 0.29) is 18.0 Å². The number of ether oxygens (including phenoxy) is 2. The van der Waals surface area contributed by atoms with E-state index in [2.05, 4.69) is 16.9 Å². The van der Waals surface area contributed by atoms with Gasteiger partial charge in [0.15, 0.2) is 6.23 Å². The highest BCUT2D eigenvalue weighted by molar-refractivity contribution is 5.85. The summed E-state index contributed by atoms with van der Waals surface area (Å²) in [5, 5.41) is 31.5. The third-order valence-electron chi connectivity index (χ3n) is 4.42. The summed E-state index contributed by atoms with van der Waals surface area (Å²) >= 11 is 0. The van der Waals surface area contributed by atoms with Crippen LogP contribution in [0.25, 0.3) is 6.08 Å². The van der Waals surface area contributed by atoms with E-state index in [1.807, 2.05) is 18.2 Å². The van der Waals surface area contributed by atoms with E-state index in [1.165, 1.54) is 12.3 Å². The Kier molecular flexibility index (Phi) is 6.39. The lowest BCUT2D eigenvalue weighted by atomic mass is 10.1. The van der Waals surface area contributed by atoms with Gasteiger partial charge in [0.2, 0.25) is 0 Å². The Balaban J connectivity index is 1.76. The van der Waals surface area contributed by atoms with E-state index in [0.717, 1.165) is 10.1 Å². The summed E-state index contributed by atoms with van der Waals surface area (Å²) in [4.78, 5) is 28.2. The Labute approximate surface area is 165 Å². The molecule has 3 rings (SSSR count). The quantitative estimate of drug-likeness (QED) is 0.537. The fourth-order valence-electron chi connectivity index (χ4n) is 2.88. The molecule has 1 fully saturated rings. The van der Waals surface area contributed by atoms with Crippen LogP contribution in [0.3, 0.4) is 0 Å². The zero-order valence-electron chi connectivity index (χ0n) is 15.3. The normalized spacial score (nSPS) is 23.6. The summed E-state index contributed by atoms with van der Waals surface area (Å²) in [6.45, 7) is 3.12. The van der Waals surface area contributed by atoms with Crippen molar-refractivity contribution in [1.29, 1.82) is 0 Å². The van der Waals surface area contributed by atoms with Gasteiger partial charge in [-0.25, -0.2) is 9.59 Å². The summed E-state index contributed by atoms with van der Waals surface area (Å²) in [7, 11) is 0. The van der Waals surface area contributed by atoms with Crippen molar-refractivity contribution in [2.75, 3.05) is 11.9 Å². The number of hydrogen-bond donors (Lipinski definition) is 4. The fraction of sp³-hybridized carbons (Fsp3) is 0.316. The molecular weight excluding hydrogens is 382 g/mol. The number of aromatic nitrogens is 2. The number of hydrogen-bond acceptors (Lipinski definition) is 8. The van der Waals surface area contributed by atoms with Crippen molar-refractivity contribution in [1.82, 2.24) is 9.55 Å². The van der Waals surface area contributed by atoms with E-state index in [1.54, 1.807) is 12.1 Å². The predicted molar refractivity (Wildman–Crippen MR) is 102 cm³/mol. The minimum absolute atomic E-state index is 0.0374. The number of nitrogens with zero attached hydrogens (tertiary/aromatic N) is 2. The zero-order valence-corrected chi connectivity index (χ0v) is 15.3. The molecule has 2 aromatic rings. The molecule has 1 amide bonds. The van der Waals surface area contributed by atoms with Gasteiger partial charge in [-0.1, -0.05) is 43.0 Å². The summed E-state index contributed by atoms with van der Waals surface area (Å²) in [5.74, 6) is -0.0777. The van der Waals surface area contributed by atoms with E-state index >= 15 is 0 Å². The molecule has 1 aromatic heterocycles. The number of amides is 1. The lowest BCUT2D eigenvalue weighted by molar-refractivity contribution is -0.0549. The molecule has 10 heteroatoms. The summed E-state index contributed by atoms with van der Waals surface area (Å²) in [6, 6.07) is 9.05. The van der Waals surface area contributed by atoms with E-state index < -0.39 is 42.9 Å². The van der Waals surface area contributed by atoms with Gasteiger partial charge in [-0.15, -0.1) is 0 Å². The standard InChI is InChI=1S/C19H21N3O7/c1-2-12-8-22(17-15(25)14(24)13(9-23)29-17)18(26)20-16(12)21-19(27)28-10-11-6-4-3-5-7-11/h2-8,13-15,17,23-25H,1,9-10H2,(H,20,21,26,27)/t13-,14-,15-,17?/m1/s1. The smallest absolute Gasteiger partial charge is 0.413 e. The molecule has 0 radical (unpaired) electrons. The minimum Gasteiger partial charge on any atom is -0.444 e.